The molecule has 0 radical (unpaired) electrons. The second-order valence-electron chi connectivity index (χ2n) is 5.34. The van der Waals surface area contributed by atoms with E-state index in [1.54, 1.807) is 6.92 Å². The van der Waals surface area contributed by atoms with Gasteiger partial charge in [0.05, 0.1) is 4.92 Å². The molecule has 1 aromatic rings. The molecular formula is C13H18N4O2. The predicted octanol–water partition coefficient (Wildman–Crippen LogP) is 1.58. The molecule has 0 N–H and O–H groups in total. The number of hydrogen-bond donors (Lipinski definition) is 0. The smallest absolute Gasteiger partial charge is 0.290 e. The van der Waals surface area contributed by atoms with Gasteiger partial charge < -0.3 is 4.90 Å². The van der Waals surface area contributed by atoms with Crippen LogP contribution in [0.5, 0.6) is 0 Å². The molecule has 0 atom stereocenters. The standard InChI is InChI=1S/C13H18N4O2/c1-10-8-13(14-9-12(10)17(18)19)16-6-4-15(5-7-16)11-2-3-11/h8-9,11H,2-7H2,1H3. The fourth-order valence-corrected chi connectivity index (χ4v) is 2.65. The van der Waals surface area contributed by atoms with Crippen molar-refractivity contribution in [3.05, 3.63) is 27.9 Å². The van der Waals surface area contributed by atoms with Crippen LogP contribution in [0.4, 0.5) is 11.5 Å². The Morgan fingerprint density at radius 3 is 2.53 bits per heavy atom. The topological polar surface area (TPSA) is 62.5 Å². The van der Waals surface area contributed by atoms with Gasteiger partial charge in [-0.15, -0.1) is 0 Å². The highest BCUT2D eigenvalue weighted by atomic mass is 16.6. The Morgan fingerprint density at radius 2 is 2.00 bits per heavy atom. The molecule has 1 saturated heterocycles. The Hall–Kier alpha value is -1.69. The van der Waals surface area contributed by atoms with Crippen LogP contribution in [0, 0.1) is 17.0 Å². The van der Waals surface area contributed by atoms with E-state index in [2.05, 4.69) is 14.8 Å². The number of rotatable bonds is 3. The van der Waals surface area contributed by atoms with Crippen molar-refractivity contribution in [3.63, 3.8) is 0 Å². The van der Waals surface area contributed by atoms with E-state index in [0.29, 0.717) is 5.56 Å². The molecular weight excluding hydrogens is 244 g/mol. The van der Waals surface area contributed by atoms with E-state index < -0.39 is 0 Å². The van der Waals surface area contributed by atoms with Crippen LogP contribution in [0.3, 0.4) is 0 Å². The molecule has 0 unspecified atom stereocenters. The lowest BCUT2D eigenvalue weighted by molar-refractivity contribution is -0.385. The van der Waals surface area contributed by atoms with Crippen molar-refractivity contribution in [2.45, 2.75) is 25.8 Å². The summed E-state index contributed by atoms with van der Waals surface area (Å²) >= 11 is 0. The molecule has 6 heteroatoms. The number of nitrogens with zero attached hydrogens (tertiary/aromatic N) is 4. The van der Waals surface area contributed by atoms with Gasteiger partial charge in [0, 0.05) is 37.8 Å². The second kappa shape index (κ2) is 4.77. The summed E-state index contributed by atoms with van der Waals surface area (Å²) in [7, 11) is 0. The zero-order valence-electron chi connectivity index (χ0n) is 11.1. The van der Waals surface area contributed by atoms with Crippen LogP contribution in [-0.4, -0.2) is 47.0 Å². The van der Waals surface area contributed by atoms with Crippen LogP contribution in [0.1, 0.15) is 18.4 Å². The lowest BCUT2D eigenvalue weighted by Gasteiger charge is -2.35. The van der Waals surface area contributed by atoms with Crippen LogP contribution < -0.4 is 4.90 Å². The molecule has 0 spiro atoms. The third kappa shape index (κ3) is 2.53. The van der Waals surface area contributed by atoms with Gasteiger partial charge in [-0.1, -0.05) is 0 Å². The molecule has 6 nitrogen and oxygen atoms in total. The average molecular weight is 262 g/mol. The Kier molecular flexibility index (Phi) is 3.10. The molecule has 2 heterocycles. The van der Waals surface area contributed by atoms with Crippen molar-refractivity contribution in [1.29, 1.82) is 0 Å². The van der Waals surface area contributed by atoms with Crippen molar-refractivity contribution < 1.29 is 4.92 Å². The SMILES string of the molecule is Cc1cc(N2CCN(C3CC3)CC2)ncc1[N+](=O)[O-]. The largest absolute Gasteiger partial charge is 0.354 e. The molecule has 0 bridgehead atoms. The van der Waals surface area contributed by atoms with Gasteiger partial charge in [-0.05, 0) is 25.8 Å². The predicted molar refractivity (Wildman–Crippen MR) is 72.4 cm³/mol. The van der Waals surface area contributed by atoms with E-state index >= 15 is 0 Å². The van der Waals surface area contributed by atoms with Gasteiger partial charge in [-0.2, -0.15) is 0 Å². The van der Waals surface area contributed by atoms with Crippen molar-refractivity contribution in [3.8, 4) is 0 Å². The van der Waals surface area contributed by atoms with E-state index in [4.69, 9.17) is 0 Å². The quantitative estimate of drug-likeness (QED) is 0.611. The minimum absolute atomic E-state index is 0.0976. The van der Waals surface area contributed by atoms with Crippen LogP contribution >= 0.6 is 0 Å². The molecule has 1 saturated carbocycles. The highest BCUT2D eigenvalue weighted by Crippen LogP contribution is 2.28. The van der Waals surface area contributed by atoms with Gasteiger partial charge in [0.15, 0.2) is 0 Å². The van der Waals surface area contributed by atoms with Gasteiger partial charge in [-0.25, -0.2) is 4.98 Å². The van der Waals surface area contributed by atoms with Gasteiger partial charge in [0.25, 0.3) is 5.69 Å². The molecule has 2 fully saturated rings. The number of nitro groups is 1. The number of aromatic nitrogens is 1. The summed E-state index contributed by atoms with van der Waals surface area (Å²) in [6.45, 7) is 5.83. The lowest BCUT2D eigenvalue weighted by atomic mass is 10.2. The Bertz CT molecular complexity index is 493. The van der Waals surface area contributed by atoms with Crippen LogP contribution in [0.15, 0.2) is 12.3 Å². The Morgan fingerprint density at radius 1 is 1.32 bits per heavy atom. The van der Waals surface area contributed by atoms with Crippen LogP contribution in [-0.2, 0) is 0 Å². The van der Waals surface area contributed by atoms with E-state index in [9.17, 15) is 10.1 Å². The zero-order valence-corrected chi connectivity index (χ0v) is 11.1. The molecule has 1 aliphatic carbocycles. The first-order valence-corrected chi connectivity index (χ1v) is 6.75. The lowest BCUT2D eigenvalue weighted by Crippen LogP contribution is -2.47. The number of aryl methyl sites for hydroxylation is 1. The first-order valence-electron chi connectivity index (χ1n) is 6.75. The summed E-state index contributed by atoms with van der Waals surface area (Å²) in [4.78, 5) is 19.4. The third-order valence-electron chi connectivity index (χ3n) is 3.97. The van der Waals surface area contributed by atoms with Gasteiger partial charge in [-0.3, -0.25) is 15.0 Å². The van der Waals surface area contributed by atoms with Gasteiger partial charge >= 0.3 is 0 Å². The van der Waals surface area contributed by atoms with E-state index in [0.717, 1.165) is 38.0 Å². The number of piperazine rings is 1. The molecule has 0 amide bonds. The summed E-state index contributed by atoms with van der Waals surface area (Å²) in [5, 5.41) is 10.8. The maximum absolute atomic E-state index is 10.8. The minimum atomic E-state index is -0.378. The van der Waals surface area contributed by atoms with E-state index in [1.807, 2.05) is 6.07 Å². The number of anilines is 1. The summed E-state index contributed by atoms with van der Waals surface area (Å²) in [6.07, 6.45) is 4.06. The highest BCUT2D eigenvalue weighted by molar-refractivity contribution is 5.48. The fourth-order valence-electron chi connectivity index (χ4n) is 2.65. The van der Waals surface area contributed by atoms with Crippen molar-refractivity contribution in [1.82, 2.24) is 9.88 Å². The molecule has 3 rings (SSSR count). The second-order valence-corrected chi connectivity index (χ2v) is 5.34. The molecule has 19 heavy (non-hydrogen) atoms. The van der Waals surface area contributed by atoms with Crippen molar-refractivity contribution in [2.75, 3.05) is 31.1 Å². The van der Waals surface area contributed by atoms with E-state index in [1.165, 1.54) is 19.0 Å². The fraction of sp³-hybridized carbons (Fsp3) is 0.615. The maximum atomic E-state index is 10.8. The third-order valence-corrected chi connectivity index (χ3v) is 3.97. The molecule has 1 aromatic heterocycles. The minimum Gasteiger partial charge on any atom is -0.354 e. The van der Waals surface area contributed by atoms with Crippen molar-refractivity contribution >= 4 is 11.5 Å². The summed E-state index contributed by atoms with van der Waals surface area (Å²) < 4.78 is 0. The van der Waals surface area contributed by atoms with Gasteiger partial charge in [0.1, 0.15) is 12.0 Å². The summed E-state index contributed by atoms with van der Waals surface area (Å²) in [6, 6.07) is 2.64. The Balaban J connectivity index is 1.69. The van der Waals surface area contributed by atoms with Crippen LogP contribution in [0.2, 0.25) is 0 Å². The monoisotopic (exact) mass is 262 g/mol. The normalized spacial score (nSPS) is 20.6. The zero-order chi connectivity index (χ0) is 13.4. The molecule has 102 valence electrons. The van der Waals surface area contributed by atoms with Crippen molar-refractivity contribution in [2.24, 2.45) is 0 Å². The number of pyridine rings is 1. The summed E-state index contributed by atoms with van der Waals surface area (Å²) in [5.74, 6) is 0.860. The first kappa shape index (κ1) is 12.3. The molecule has 1 aliphatic heterocycles. The number of hydrogen-bond acceptors (Lipinski definition) is 5. The maximum Gasteiger partial charge on any atom is 0.290 e. The van der Waals surface area contributed by atoms with Crippen LogP contribution in [0.25, 0.3) is 0 Å². The molecule has 0 aromatic carbocycles. The van der Waals surface area contributed by atoms with E-state index in [-0.39, 0.29) is 10.6 Å². The Labute approximate surface area is 112 Å². The molecule has 2 aliphatic rings. The first-order chi connectivity index (χ1) is 9.15. The van der Waals surface area contributed by atoms with Gasteiger partial charge in [0.2, 0.25) is 0 Å². The summed E-state index contributed by atoms with van der Waals surface area (Å²) in [5.41, 5.74) is 0.778. The average Bonchev–Trinajstić information content (AvgIpc) is 3.22. The highest BCUT2D eigenvalue weighted by Gasteiger charge is 2.31.